The molecule has 101 valence electrons. The van der Waals surface area contributed by atoms with E-state index < -0.39 is 23.9 Å². The van der Waals surface area contributed by atoms with Gasteiger partial charge in [0.05, 0.1) is 6.33 Å². The summed E-state index contributed by atoms with van der Waals surface area (Å²) in [5.41, 5.74) is 3.58. The second-order valence-electron chi connectivity index (χ2n) is 4.45. The van der Waals surface area contributed by atoms with Crippen molar-refractivity contribution in [1.29, 1.82) is 0 Å². The summed E-state index contributed by atoms with van der Waals surface area (Å²) in [6.45, 7) is 2.20. The second kappa shape index (κ2) is 3.75. The third-order valence-electron chi connectivity index (χ3n) is 3.07. The Morgan fingerprint density at radius 2 is 2.26 bits per heavy atom. The van der Waals surface area contributed by atoms with Gasteiger partial charge in [-0.1, -0.05) is 0 Å². The normalized spacial score (nSPS) is 31.1. The second-order valence-corrected chi connectivity index (χ2v) is 4.45. The number of anilines is 1. The lowest BCUT2D eigenvalue weighted by Gasteiger charge is -2.24. The van der Waals surface area contributed by atoms with Gasteiger partial charge < -0.3 is 20.7 Å². The van der Waals surface area contributed by atoms with Crippen molar-refractivity contribution >= 4 is 17.1 Å². The zero-order valence-corrected chi connectivity index (χ0v) is 9.86. The molecule has 9 heteroatoms. The SMILES string of the molecule is CC1(F)C(O)[CH]OC1n1cnc2c(O)nc(N)nc21. The van der Waals surface area contributed by atoms with E-state index in [-0.39, 0.29) is 17.1 Å². The van der Waals surface area contributed by atoms with Gasteiger partial charge in [-0.15, -0.1) is 0 Å². The number of alkyl halides is 1. The minimum Gasteiger partial charge on any atom is -0.492 e. The molecule has 2 aromatic heterocycles. The van der Waals surface area contributed by atoms with E-state index in [0.717, 1.165) is 6.61 Å². The van der Waals surface area contributed by atoms with Crippen LogP contribution in [0.1, 0.15) is 13.2 Å². The summed E-state index contributed by atoms with van der Waals surface area (Å²) in [7, 11) is 0. The molecule has 3 atom stereocenters. The van der Waals surface area contributed by atoms with Gasteiger partial charge in [0.25, 0.3) is 0 Å². The number of hydrogen-bond donors (Lipinski definition) is 3. The van der Waals surface area contributed by atoms with Gasteiger partial charge in [0.15, 0.2) is 23.1 Å². The minimum absolute atomic E-state index is 0.0787. The van der Waals surface area contributed by atoms with Crippen molar-refractivity contribution in [2.75, 3.05) is 5.73 Å². The summed E-state index contributed by atoms with van der Waals surface area (Å²) in [5.74, 6) is -0.570. The fourth-order valence-corrected chi connectivity index (χ4v) is 1.99. The number of imidazole rings is 1. The Hall–Kier alpha value is -2.00. The Balaban J connectivity index is 2.17. The average molecular weight is 268 g/mol. The maximum atomic E-state index is 14.4. The van der Waals surface area contributed by atoms with Gasteiger partial charge in [-0.05, 0) is 6.92 Å². The number of ether oxygens (including phenoxy) is 1. The first-order valence-electron chi connectivity index (χ1n) is 5.46. The molecule has 1 saturated heterocycles. The Morgan fingerprint density at radius 1 is 1.53 bits per heavy atom. The first kappa shape index (κ1) is 12.1. The lowest BCUT2D eigenvalue weighted by Crippen LogP contribution is -2.36. The van der Waals surface area contributed by atoms with Gasteiger partial charge in [0.2, 0.25) is 11.8 Å². The van der Waals surface area contributed by atoms with Gasteiger partial charge in [-0.3, -0.25) is 4.57 Å². The topological polar surface area (TPSA) is 119 Å². The Morgan fingerprint density at radius 3 is 2.89 bits per heavy atom. The molecule has 0 amide bonds. The molecule has 3 rings (SSSR count). The average Bonchev–Trinajstić information content (AvgIpc) is 2.82. The molecule has 0 aliphatic carbocycles. The van der Waals surface area contributed by atoms with Crippen LogP contribution in [0.4, 0.5) is 10.3 Å². The van der Waals surface area contributed by atoms with Crippen molar-refractivity contribution in [3.63, 3.8) is 0 Å². The van der Waals surface area contributed by atoms with Crippen LogP contribution in [0, 0.1) is 6.61 Å². The van der Waals surface area contributed by atoms with E-state index >= 15 is 0 Å². The molecular weight excluding hydrogens is 257 g/mol. The number of hydrogen-bond acceptors (Lipinski definition) is 7. The van der Waals surface area contributed by atoms with Gasteiger partial charge in [0, 0.05) is 0 Å². The van der Waals surface area contributed by atoms with E-state index in [2.05, 4.69) is 15.0 Å². The zero-order chi connectivity index (χ0) is 13.8. The molecular formula is C10H11FN5O3. The number of aliphatic hydroxyl groups excluding tert-OH is 1. The van der Waals surface area contributed by atoms with Crippen molar-refractivity contribution in [1.82, 2.24) is 19.5 Å². The third kappa shape index (κ3) is 1.62. The van der Waals surface area contributed by atoms with E-state index in [1.54, 1.807) is 0 Å². The van der Waals surface area contributed by atoms with E-state index in [1.807, 2.05) is 0 Å². The number of aromatic hydroxyl groups is 1. The van der Waals surface area contributed by atoms with Gasteiger partial charge in [-0.2, -0.15) is 9.97 Å². The van der Waals surface area contributed by atoms with Crippen molar-refractivity contribution in [3.8, 4) is 5.88 Å². The predicted molar refractivity (Wildman–Crippen MR) is 61.3 cm³/mol. The fraction of sp³-hybridized carbons (Fsp3) is 0.400. The first-order chi connectivity index (χ1) is 8.91. The first-order valence-corrected chi connectivity index (χ1v) is 5.46. The Kier molecular flexibility index (Phi) is 2.38. The monoisotopic (exact) mass is 268 g/mol. The quantitative estimate of drug-likeness (QED) is 0.660. The van der Waals surface area contributed by atoms with Crippen LogP contribution in [-0.2, 0) is 4.74 Å². The molecule has 4 N–H and O–H groups in total. The molecule has 0 aromatic carbocycles. The van der Waals surface area contributed by atoms with Crippen LogP contribution in [0.25, 0.3) is 11.2 Å². The molecule has 3 unspecified atom stereocenters. The number of nitrogens with zero attached hydrogens (tertiary/aromatic N) is 4. The van der Waals surface area contributed by atoms with E-state index in [4.69, 9.17) is 10.5 Å². The number of nitrogen functional groups attached to an aromatic ring is 1. The Labute approximate surface area is 106 Å². The lowest BCUT2D eigenvalue weighted by atomic mass is 10.0. The predicted octanol–water partition coefficient (Wildman–Crippen LogP) is -0.106. The van der Waals surface area contributed by atoms with Crippen LogP contribution in [0.15, 0.2) is 6.33 Å². The summed E-state index contributed by atoms with van der Waals surface area (Å²) in [6.07, 6.45) is -1.28. The van der Waals surface area contributed by atoms with Gasteiger partial charge in [0.1, 0.15) is 12.7 Å². The van der Waals surface area contributed by atoms with Gasteiger partial charge in [-0.25, -0.2) is 9.37 Å². The number of halogens is 1. The summed E-state index contributed by atoms with van der Waals surface area (Å²) in [4.78, 5) is 11.3. The minimum atomic E-state index is -2.05. The van der Waals surface area contributed by atoms with Crippen LogP contribution in [-0.4, -0.2) is 41.5 Å². The summed E-state index contributed by atoms with van der Waals surface area (Å²) >= 11 is 0. The zero-order valence-electron chi connectivity index (χ0n) is 9.86. The van der Waals surface area contributed by atoms with Crippen LogP contribution >= 0.6 is 0 Å². The molecule has 0 spiro atoms. The third-order valence-corrected chi connectivity index (χ3v) is 3.07. The molecule has 3 heterocycles. The van der Waals surface area contributed by atoms with Crippen LogP contribution in [0.2, 0.25) is 0 Å². The Bertz CT molecular complexity index is 643. The molecule has 1 aliphatic rings. The molecule has 0 saturated carbocycles. The van der Waals surface area contributed by atoms with Crippen LogP contribution < -0.4 is 5.73 Å². The number of aromatic nitrogens is 4. The summed E-state index contributed by atoms with van der Waals surface area (Å²) in [5, 5.41) is 19.1. The maximum Gasteiger partial charge on any atom is 0.244 e. The highest BCUT2D eigenvalue weighted by atomic mass is 19.1. The smallest absolute Gasteiger partial charge is 0.244 e. The highest BCUT2D eigenvalue weighted by Gasteiger charge is 2.50. The molecule has 8 nitrogen and oxygen atoms in total. The lowest BCUT2D eigenvalue weighted by molar-refractivity contribution is -0.0312. The maximum absolute atomic E-state index is 14.4. The van der Waals surface area contributed by atoms with E-state index in [9.17, 15) is 14.6 Å². The van der Waals surface area contributed by atoms with Crippen molar-refractivity contribution < 1.29 is 19.3 Å². The van der Waals surface area contributed by atoms with Crippen molar-refractivity contribution in [2.24, 2.45) is 0 Å². The highest BCUT2D eigenvalue weighted by Crippen LogP contribution is 2.41. The molecule has 1 radical (unpaired) electrons. The number of aliphatic hydroxyl groups is 1. The molecule has 0 bridgehead atoms. The summed E-state index contributed by atoms with van der Waals surface area (Å²) < 4.78 is 20.7. The molecule has 1 aliphatic heterocycles. The van der Waals surface area contributed by atoms with Crippen molar-refractivity contribution in [3.05, 3.63) is 12.9 Å². The van der Waals surface area contributed by atoms with E-state index in [1.165, 1.54) is 17.8 Å². The fourth-order valence-electron chi connectivity index (χ4n) is 1.99. The van der Waals surface area contributed by atoms with Crippen molar-refractivity contribution in [2.45, 2.75) is 24.9 Å². The standard InChI is InChI=1S/C10H11FN5O3/c1-10(11)4(17)2-19-8(10)16-3-13-5-6(16)14-9(12)15-7(5)18/h2-4,8,17H,1H3,(H3,12,14,15,18). The largest absolute Gasteiger partial charge is 0.492 e. The molecule has 19 heavy (non-hydrogen) atoms. The highest BCUT2D eigenvalue weighted by molar-refractivity contribution is 5.77. The molecule has 2 aromatic rings. The number of rotatable bonds is 1. The number of nitrogens with two attached hydrogens (primary N) is 1. The number of fused-ring (bicyclic) bond motifs is 1. The molecule has 1 fully saturated rings. The van der Waals surface area contributed by atoms with Crippen LogP contribution in [0.3, 0.4) is 0 Å². The van der Waals surface area contributed by atoms with E-state index in [0.29, 0.717) is 0 Å². The summed E-state index contributed by atoms with van der Waals surface area (Å²) in [6, 6.07) is 0. The van der Waals surface area contributed by atoms with Crippen LogP contribution in [0.5, 0.6) is 5.88 Å². The van der Waals surface area contributed by atoms with Gasteiger partial charge >= 0.3 is 0 Å².